The van der Waals surface area contributed by atoms with Gasteiger partial charge in [-0.3, -0.25) is 4.90 Å². The summed E-state index contributed by atoms with van der Waals surface area (Å²) in [6.45, 7) is 19.1. The highest BCUT2D eigenvalue weighted by Crippen LogP contribution is 2.29. The molecule has 1 N–H and O–H groups in total. The van der Waals surface area contributed by atoms with Crippen molar-refractivity contribution in [1.82, 2.24) is 10.2 Å². The van der Waals surface area contributed by atoms with Gasteiger partial charge in [-0.1, -0.05) is 20.8 Å². The fourth-order valence-corrected chi connectivity index (χ4v) is 3.44. The molecular formula is C17H32N2S. The molecule has 2 nitrogen and oxygen atoms in total. The molecule has 0 saturated carbocycles. The molecule has 0 amide bonds. The Bertz CT molecular complexity index is 380. The third-order valence-corrected chi connectivity index (χ3v) is 5.08. The first-order valence-corrected chi connectivity index (χ1v) is 8.59. The highest BCUT2D eigenvalue weighted by Gasteiger charge is 2.16. The molecule has 3 heteroatoms. The maximum Gasteiger partial charge on any atom is 0.0300 e. The van der Waals surface area contributed by atoms with Crippen LogP contribution in [0.2, 0.25) is 0 Å². The predicted octanol–water partition coefficient (Wildman–Crippen LogP) is 4.25. The smallest absolute Gasteiger partial charge is 0.0300 e. The second-order valence-corrected chi connectivity index (χ2v) is 8.29. The molecule has 1 aromatic rings. The summed E-state index contributed by atoms with van der Waals surface area (Å²) >= 11 is 1.94. The van der Waals surface area contributed by atoms with Gasteiger partial charge in [-0.15, -0.1) is 11.3 Å². The Morgan fingerprint density at radius 2 is 1.70 bits per heavy atom. The van der Waals surface area contributed by atoms with Gasteiger partial charge in [0.1, 0.15) is 0 Å². The summed E-state index contributed by atoms with van der Waals surface area (Å²) in [7, 11) is 0. The van der Waals surface area contributed by atoms with E-state index < -0.39 is 0 Å². The zero-order valence-electron chi connectivity index (χ0n) is 14.3. The second-order valence-electron chi connectivity index (χ2n) is 7.12. The Labute approximate surface area is 129 Å². The summed E-state index contributed by atoms with van der Waals surface area (Å²) in [5.74, 6) is 0. The van der Waals surface area contributed by atoms with Crippen molar-refractivity contribution < 1.29 is 0 Å². The van der Waals surface area contributed by atoms with Crippen molar-refractivity contribution in [3.8, 4) is 0 Å². The summed E-state index contributed by atoms with van der Waals surface area (Å²) < 4.78 is 0. The van der Waals surface area contributed by atoms with Gasteiger partial charge in [-0.2, -0.15) is 0 Å². The van der Waals surface area contributed by atoms with Crippen molar-refractivity contribution in [2.75, 3.05) is 13.1 Å². The van der Waals surface area contributed by atoms with Crippen molar-refractivity contribution in [3.05, 3.63) is 21.9 Å². The van der Waals surface area contributed by atoms with E-state index in [0.29, 0.717) is 12.1 Å². The molecule has 1 heterocycles. The van der Waals surface area contributed by atoms with E-state index in [0.717, 1.165) is 19.6 Å². The molecule has 0 aromatic carbocycles. The van der Waals surface area contributed by atoms with Crippen LogP contribution in [-0.2, 0) is 12.0 Å². The molecule has 0 unspecified atom stereocenters. The number of hydrogen-bond acceptors (Lipinski definition) is 3. The van der Waals surface area contributed by atoms with Crippen LogP contribution in [-0.4, -0.2) is 30.1 Å². The minimum absolute atomic E-state index is 0.273. The Balaban J connectivity index is 2.36. The van der Waals surface area contributed by atoms with Crippen molar-refractivity contribution in [1.29, 1.82) is 0 Å². The highest BCUT2D eigenvalue weighted by atomic mass is 32.1. The lowest BCUT2D eigenvalue weighted by atomic mass is 9.95. The maximum atomic E-state index is 3.58. The lowest BCUT2D eigenvalue weighted by Gasteiger charge is -2.30. The first kappa shape index (κ1) is 17.7. The topological polar surface area (TPSA) is 15.3 Å². The molecule has 0 aliphatic heterocycles. The average molecular weight is 297 g/mol. The van der Waals surface area contributed by atoms with Gasteiger partial charge in [-0.05, 0) is 45.2 Å². The zero-order chi connectivity index (χ0) is 15.3. The summed E-state index contributed by atoms with van der Waals surface area (Å²) in [4.78, 5) is 5.44. The predicted molar refractivity (Wildman–Crippen MR) is 91.7 cm³/mol. The standard InChI is InChI=1S/C17H32N2S/c1-13(2)19(14(3)4)11-10-18-12-15-8-9-16(20-15)17(5,6)7/h8-9,13-14,18H,10-12H2,1-7H3. The zero-order valence-corrected chi connectivity index (χ0v) is 15.1. The molecule has 1 aromatic heterocycles. The molecular weight excluding hydrogens is 264 g/mol. The van der Waals surface area contributed by atoms with Crippen LogP contribution < -0.4 is 5.32 Å². The lowest BCUT2D eigenvalue weighted by Crippen LogP contribution is -2.41. The summed E-state index contributed by atoms with van der Waals surface area (Å²) in [6, 6.07) is 5.77. The van der Waals surface area contributed by atoms with E-state index in [4.69, 9.17) is 0 Å². The quantitative estimate of drug-likeness (QED) is 0.757. The van der Waals surface area contributed by atoms with Crippen LogP contribution in [0, 0.1) is 0 Å². The van der Waals surface area contributed by atoms with E-state index in [1.165, 1.54) is 9.75 Å². The van der Waals surface area contributed by atoms with Gasteiger partial charge in [0.15, 0.2) is 0 Å². The van der Waals surface area contributed by atoms with E-state index >= 15 is 0 Å². The monoisotopic (exact) mass is 296 g/mol. The number of rotatable bonds is 7. The van der Waals surface area contributed by atoms with E-state index in [1.807, 2.05) is 11.3 Å². The molecule has 0 aliphatic carbocycles. The average Bonchev–Trinajstić information content (AvgIpc) is 2.76. The molecule has 0 radical (unpaired) electrons. The van der Waals surface area contributed by atoms with Crippen LogP contribution >= 0.6 is 11.3 Å². The van der Waals surface area contributed by atoms with Crippen LogP contribution in [0.3, 0.4) is 0 Å². The third-order valence-electron chi connectivity index (χ3n) is 3.57. The van der Waals surface area contributed by atoms with Gasteiger partial charge in [0, 0.05) is 41.5 Å². The van der Waals surface area contributed by atoms with Crippen molar-refractivity contribution >= 4 is 11.3 Å². The number of nitrogens with zero attached hydrogens (tertiary/aromatic N) is 1. The molecule has 0 fully saturated rings. The molecule has 1 rings (SSSR count). The number of nitrogens with one attached hydrogen (secondary N) is 1. The van der Waals surface area contributed by atoms with Crippen LogP contribution in [0.5, 0.6) is 0 Å². The van der Waals surface area contributed by atoms with Gasteiger partial charge < -0.3 is 5.32 Å². The summed E-state index contributed by atoms with van der Waals surface area (Å²) in [5.41, 5.74) is 0.273. The largest absolute Gasteiger partial charge is 0.311 e. The Morgan fingerprint density at radius 3 is 2.15 bits per heavy atom. The minimum atomic E-state index is 0.273. The molecule has 0 spiro atoms. The van der Waals surface area contributed by atoms with Gasteiger partial charge in [0.2, 0.25) is 0 Å². The van der Waals surface area contributed by atoms with Crippen molar-refractivity contribution in [2.24, 2.45) is 0 Å². The highest BCUT2D eigenvalue weighted by molar-refractivity contribution is 7.12. The first-order chi connectivity index (χ1) is 9.21. The molecule has 0 aliphatic rings. The second kappa shape index (κ2) is 7.58. The lowest BCUT2D eigenvalue weighted by molar-refractivity contribution is 0.176. The van der Waals surface area contributed by atoms with E-state index in [-0.39, 0.29) is 5.41 Å². The van der Waals surface area contributed by atoms with Gasteiger partial charge >= 0.3 is 0 Å². The Morgan fingerprint density at radius 1 is 1.10 bits per heavy atom. The van der Waals surface area contributed by atoms with Gasteiger partial charge in [0.25, 0.3) is 0 Å². The molecule has 116 valence electrons. The summed E-state index contributed by atoms with van der Waals surface area (Å²) in [5, 5.41) is 3.58. The fraction of sp³-hybridized carbons (Fsp3) is 0.765. The molecule has 20 heavy (non-hydrogen) atoms. The normalized spacial score (nSPS) is 12.9. The van der Waals surface area contributed by atoms with Crippen LogP contribution in [0.15, 0.2) is 12.1 Å². The first-order valence-electron chi connectivity index (χ1n) is 7.77. The maximum absolute atomic E-state index is 3.58. The SMILES string of the molecule is CC(C)N(CCNCc1ccc(C(C)(C)C)s1)C(C)C. The minimum Gasteiger partial charge on any atom is -0.311 e. The molecule has 0 saturated heterocycles. The third kappa shape index (κ3) is 5.55. The fourth-order valence-electron chi connectivity index (χ4n) is 2.41. The van der Waals surface area contributed by atoms with Gasteiger partial charge in [0.05, 0.1) is 0 Å². The van der Waals surface area contributed by atoms with Crippen molar-refractivity contribution in [2.45, 2.75) is 72.5 Å². The Hall–Kier alpha value is -0.380. The summed E-state index contributed by atoms with van der Waals surface area (Å²) in [6.07, 6.45) is 0. The number of hydrogen-bond donors (Lipinski definition) is 1. The van der Waals surface area contributed by atoms with Crippen LogP contribution in [0.25, 0.3) is 0 Å². The van der Waals surface area contributed by atoms with E-state index in [1.54, 1.807) is 0 Å². The van der Waals surface area contributed by atoms with Crippen molar-refractivity contribution in [3.63, 3.8) is 0 Å². The van der Waals surface area contributed by atoms with E-state index in [9.17, 15) is 0 Å². The van der Waals surface area contributed by atoms with Crippen LogP contribution in [0.1, 0.15) is 58.2 Å². The van der Waals surface area contributed by atoms with E-state index in [2.05, 4.69) is 70.8 Å². The Kier molecular flexibility index (Phi) is 6.70. The molecule has 0 atom stereocenters. The van der Waals surface area contributed by atoms with Crippen LogP contribution in [0.4, 0.5) is 0 Å². The molecule has 0 bridgehead atoms. The van der Waals surface area contributed by atoms with Gasteiger partial charge in [-0.25, -0.2) is 0 Å². The number of thiophene rings is 1.